The quantitative estimate of drug-likeness (QED) is 0.827. The van der Waals surface area contributed by atoms with Crippen LogP contribution in [0, 0.1) is 5.41 Å². The van der Waals surface area contributed by atoms with Crippen LogP contribution in [0.2, 0.25) is 5.15 Å². The summed E-state index contributed by atoms with van der Waals surface area (Å²) in [6.45, 7) is 3.77. The molecule has 98 valence electrons. The number of piperidine rings is 1. The molecule has 1 aliphatic rings. The van der Waals surface area contributed by atoms with Crippen molar-refractivity contribution in [2.75, 3.05) is 18.4 Å². The largest absolute Gasteiger partial charge is 0.323 e. The van der Waals surface area contributed by atoms with E-state index in [1.54, 1.807) is 18.3 Å². The molecule has 2 N–H and O–H groups in total. The van der Waals surface area contributed by atoms with Gasteiger partial charge in [0.25, 0.3) is 0 Å². The molecule has 1 atom stereocenters. The molecule has 0 bridgehead atoms. The lowest BCUT2D eigenvalue weighted by molar-refractivity contribution is -0.126. The molecule has 0 saturated carbocycles. The number of anilines is 1. The van der Waals surface area contributed by atoms with E-state index in [2.05, 4.69) is 22.5 Å². The molecule has 2 heterocycles. The van der Waals surface area contributed by atoms with E-state index in [1.807, 2.05) is 0 Å². The van der Waals surface area contributed by atoms with Crippen molar-refractivity contribution in [3.05, 3.63) is 23.5 Å². The van der Waals surface area contributed by atoms with Gasteiger partial charge in [-0.25, -0.2) is 4.98 Å². The first-order chi connectivity index (χ1) is 8.68. The Hall–Kier alpha value is -1.13. The second-order valence-electron chi connectivity index (χ2n) is 4.71. The summed E-state index contributed by atoms with van der Waals surface area (Å²) in [6.07, 6.45) is 4.38. The topological polar surface area (TPSA) is 54.0 Å². The molecule has 4 nitrogen and oxygen atoms in total. The molecule has 5 heteroatoms. The van der Waals surface area contributed by atoms with E-state index < -0.39 is 0 Å². The van der Waals surface area contributed by atoms with Crippen LogP contribution in [0.25, 0.3) is 0 Å². The third kappa shape index (κ3) is 2.65. The zero-order valence-electron chi connectivity index (χ0n) is 10.5. The van der Waals surface area contributed by atoms with Crippen LogP contribution in [0.15, 0.2) is 18.3 Å². The zero-order chi connectivity index (χ0) is 13.0. The highest BCUT2D eigenvalue weighted by molar-refractivity contribution is 6.32. The molecule has 1 fully saturated rings. The minimum absolute atomic E-state index is 0.0344. The summed E-state index contributed by atoms with van der Waals surface area (Å²) >= 11 is 5.95. The van der Waals surface area contributed by atoms with Crippen LogP contribution in [0.4, 0.5) is 5.69 Å². The van der Waals surface area contributed by atoms with Crippen molar-refractivity contribution < 1.29 is 4.79 Å². The van der Waals surface area contributed by atoms with Gasteiger partial charge in [0.15, 0.2) is 5.15 Å². The fourth-order valence-corrected chi connectivity index (χ4v) is 2.52. The summed E-state index contributed by atoms with van der Waals surface area (Å²) in [5.41, 5.74) is 0.264. The van der Waals surface area contributed by atoms with Gasteiger partial charge < -0.3 is 10.6 Å². The predicted molar refractivity (Wildman–Crippen MR) is 72.7 cm³/mol. The van der Waals surface area contributed by atoms with Gasteiger partial charge in [0.1, 0.15) is 0 Å². The molecule has 1 aliphatic heterocycles. The van der Waals surface area contributed by atoms with Gasteiger partial charge in [-0.1, -0.05) is 18.5 Å². The number of carbonyl (C=O) groups is 1. The molecule has 0 radical (unpaired) electrons. The Balaban J connectivity index is 2.13. The Labute approximate surface area is 112 Å². The van der Waals surface area contributed by atoms with Gasteiger partial charge in [0, 0.05) is 12.7 Å². The van der Waals surface area contributed by atoms with E-state index in [0.717, 1.165) is 32.4 Å². The van der Waals surface area contributed by atoms with Crippen LogP contribution in [0.1, 0.15) is 26.2 Å². The number of halogens is 1. The van der Waals surface area contributed by atoms with Crippen molar-refractivity contribution in [3.8, 4) is 0 Å². The number of pyridine rings is 1. The Kier molecular flexibility index (Phi) is 4.19. The zero-order valence-corrected chi connectivity index (χ0v) is 11.3. The average Bonchev–Trinajstić information content (AvgIpc) is 2.42. The molecule has 1 unspecified atom stereocenters. The third-order valence-electron chi connectivity index (χ3n) is 3.64. The van der Waals surface area contributed by atoms with E-state index in [4.69, 9.17) is 11.6 Å². The molecule has 1 aromatic heterocycles. The molecule has 0 spiro atoms. The van der Waals surface area contributed by atoms with E-state index in [-0.39, 0.29) is 11.3 Å². The molecule has 1 amide bonds. The molecule has 0 aromatic carbocycles. The smallest absolute Gasteiger partial charge is 0.231 e. The highest BCUT2D eigenvalue weighted by Gasteiger charge is 2.37. The van der Waals surface area contributed by atoms with Gasteiger partial charge in [-0.05, 0) is 37.9 Å². The Bertz CT molecular complexity index is 430. The fourth-order valence-electron chi connectivity index (χ4n) is 2.36. The van der Waals surface area contributed by atoms with Gasteiger partial charge in [0.05, 0.1) is 11.1 Å². The first-order valence-electron chi connectivity index (χ1n) is 6.31. The number of hydrogen-bond donors (Lipinski definition) is 2. The van der Waals surface area contributed by atoms with Crippen LogP contribution in [-0.2, 0) is 4.79 Å². The number of nitrogens with one attached hydrogen (secondary N) is 2. The molecular weight excluding hydrogens is 250 g/mol. The number of nitrogens with zero attached hydrogens (tertiary/aromatic N) is 1. The maximum atomic E-state index is 12.4. The first-order valence-corrected chi connectivity index (χ1v) is 6.68. The second-order valence-corrected chi connectivity index (χ2v) is 5.07. The lowest BCUT2D eigenvalue weighted by Crippen LogP contribution is -2.47. The molecule has 2 rings (SSSR count). The van der Waals surface area contributed by atoms with E-state index in [9.17, 15) is 4.79 Å². The summed E-state index contributed by atoms with van der Waals surface area (Å²) in [4.78, 5) is 16.4. The SMILES string of the molecule is CCC1(C(=O)Nc2cccnc2Cl)CCCNC1. The normalized spacial score (nSPS) is 23.7. The fraction of sp³-hybridized carbons (Fsp3) is 0.538. The number of rotatable bonds is 3. The maximum Gasteiger partial charge on any atom is 0.231 e. The monoisotopic (exact) mass is 267 g/mol. The van der Waals surface area contributed by atoms with Crippen molar-refractivity contribution in [2.45, 2.75) is 26.2 Å². The summed E-state index contributed by atoms with van der Waals surface area (Å²) < 4.78 is 0. The molecule has 1 aromatic rings. The van der Waals surface area contributed by atoms with E-state index >= 15 is 0 Å². The number of amides is 1. The average molecular weight is 268 g/mol. The predicted octanol–water partition coefficient (Wildman–Crippen LogP) is 2.45. The number of hydrogen-bond acceptors (Lipinski definition) is 3. The van der Waals surface area contributed by atoms with Gasteiger partial charge in [0.2, 0.25) is 5.91 Å². The maximum absolute atomic E-state index is 12.4. The van der Waals surface area contributed by atoms with Gasteiger partial charge in [-0.2, -0.15) is 0 Å². The van der Waals surface area contributed by atoms with Gasteiger partial charge in [-0.15, -0.1) is 0 Å². The van der Waals surface area contributed by atoms with Crippen LogP contribution in [0.5, 0.6) is 0 Å². The Morgan fingerprint density at radius 1 is 1.67 bits per heavy atom. The Morgan fingerprint density at radius 3 is 3.11 bits per heavy atom. The highest BCUT2D eigenvalue weighted by Crippen LogP contribution is 2.32. The highest BCUT2D eigenvalue weighted by atomic mass is 35.5. The van der Waals surface area contributed by atoms with Crippen LogP contribution in [-0.4, -0.2) is 24.0 Å². The minimum atomic E-state index is -0.322. The lowest BCUT2D eigenvalue weighted by Gasteiger charge is -2.35. The van der Waals surface area contributed by atoms with Gasteiger partial charge in [-0.3, -0.25) is 4.79 Å². The van der Waals surface area contributed by atoms with Crippen molar-refractivity contribution in [3.63, 3.8) is 0 Å². The first kappa shape index (κ1) is 13.3. The van der Waals surface area contributed by atoms with E-state index in [1.165, 1.54) is 0 Å². The summed E-state index contributed by atoms with van der Waals surface area (Å²) in [7, 11) is 0. The van der Waals surface area contributed by atoms with Crippen molar-refractivity contribution >= 4 is 23.2 Å². The minimum Gasteiger partial charge on any atom is -0.323 e. The standard InChI is InChI=1S/C13H18ClN3O/c1-2-13(6-4-7-15-9-13)12(18)17-10-5-3-8-16-11(10)14/h3,5,8,15H,2,4,6-7,9H2,1H3,(H,17,18). The van der Waals surface area contributed by atoms with Crippen molar-refractivity contribution in [1.82, 2.24) is 10.3 Å². The van der Waals surface area contributed by atoms with Crippen molar-refractivity contribution in [2.24, 2.45) is 5.41 Å². The molecule has 1 saturated heterocycles. The van der Waals surface area contributed by atoms with Crippen LogP contribution in [0.3, 0.4) is 0 Å². The number of aromatic nitrogens is 1. The summed E-state index contributed by atoms with van der Waals surface area (Å²) in [5, 5.41) is 6.53. The molecule has 18 heavy (non-hydrogen) atoms. The molecule has 0 aliphatic carbocycles. The van der Waals surface area contributed by atoms with E-state index in [0.29, 0.717) is 10.8 Å². The number of carbonyl (C=O) groups excluding carboxylic acids is 1. The van der Waals surface area contributed by atoms with Crippen molar-refractivity contribution in [1.29, 1.82) is 0 Å². The summed E-state index contributed by atoms with van der Waals surface area (Å²) in [5.74, 6) is 0.0344. The second kappa shape index (κ2) is 5.67. The lowest BCUT2D eigenvalue weighted by atomic mass is 9.77. The molecular formula is C13H18ClN3O. The van der Waals surface area contributed by atoms with Crippen LogP contribution < -0.4 is 10.6 Å². The summed E-state index contributed by atoms with van der Waals surface area (Å²) in [6, 6.07) is 3.53. The Morgan fingerprint density at radius 2 is 2.50 bits per heavy atom. The third-order valence-corrected chi connectivity index (χ3v) is 3.94. The van der Waals surface area contributed by atoms with Gasteiger partial charge >= 0.3 is 0 Å². The van der Waals surface area contributed by atoms with Crippen LogP contribution >= 0.6 is 11.6 Å².